The summed E-state index contributed by atoms with van der Waals surface area (Å²) in [6, 6.07) is 15.8. The number of sulfonamides is 1. The van der Waals surface area contributed by atoms with Crippen molar-refractivity contribution < 1.29 is 8.42 Å². The lowest BCUT2D eigenvalue weighted by molar-refractivity contribution is 0.466. The van der Waals surface area contributed by atoms with Crippen LogP contribution in [0.15, 0.2) is 53.4 Å². The predicted octanol–water partition coefficient (Wildman–Crippen LogP) is 2.44. The Kier molecular flexibility index (Phi) is 5.04. The first-order chi connectivity index (χ1) is 10.9. The zero-order valence-electron chi connectivity index (χ0n) is 13.4. The van der Waals surface area contributed by atoms with Crippen molar-refractivity contribution in [2.24, 2.45) is 0 Å². The number of nitriles is 1. The molecule has 0 aliphatic heterocycles. The summed E-state index contributed by atoms with van der Waals surface area (Å²) in [7, 11) is 1.71. The Labute approximate surface area is 137 Å². The lowest BCUT2D eigenvalue weighted by atomic mass is 10.2. The Morgan fingerprint density at radius 2 is 1.61 bits per heavy atom. The third-order valence-corrected chi connectivity index (χ3v) is 5.42. The molecule has 0 unspecified atom stereocenters. The number of hydrogen-bond donors (Lipinski definition) is 0. The average molecular weight is 329 g/mol. The van der Waals surface area contributed by atoms with Crippen molar-refractivity contribution in [1.82, 2.24) is 4.31 Å². The molecule has 2 aromatic rings. The summed E-state index contributed by atoms with van der Waals surface area (Å²) in [5.41, 5.74) is 2.09. The van der Waals surface area contributed by atoms with Gasteiger partial charge in [-0.15, -0.1) is 0 Å². The highest BCUT2D eigenvalue weighted by Gasteiger charge is 2.23. The van der Waals surface area contributed by atoms with E-state index in [0.29, 0.717) is 0 Å². The molecule has 0 heterocycles. The highest BCUT2D eigenvalue weighted by atomic mass is 32.2. The molecule has 0 bridgehead atoms. The highest BCUT2D eigenvalue weighted by molar-refractivity contribution is 7.89. The third-order valence-electron chi connectivity index (χ3n) is 3.55. The van der Waals surface area contributed by atoms with Crippen molar-refractivity contribution in [3.8, 4) is 6.07 Å². The van der Waals surface area contributed by atoms with Crippen LogP contribution in [0.3, 0.4) is 0 Å². The molecular weight excluding hydrogens is 310 g/mol. The molecule has 0 amide bonds. The van der Waals surface area contributed by atoms with Crippen molar-refractivity contribution in [2.75, 3.05) is 26.0 Å². The van der Waals surface area contributed by atoms with Crippen molar-refractivity contribution in [3.63, 3.8) is 0 Å². The smallest absolute Gasteiger partial charge is 0.244 e. The molecule has 0 saturated carbocycles. The molecular formula is C17H19N3O2S. The van der Waals surface area contributed by atoms with Gasteiger partial charge in [-0.1, -0.05) is 24.3 Å². The number of anilines is 1. The van der Waals surface area contributed by atoms with Crippen LogP contribution in [0.1, 0.15) is 11.1 Å². The SMILES string of the molecule is CN(C)c1ccc(CN(C)S(=O)(=O)c2ccccc2C#N)cc1. The molecule has 0 fully saturated rings. The zero-order chi connectivity index (χ0) is 17.0. The van der Waals surface area contributed by atoms with Crippen LogP contribution < -0.4 is 4.90 Å². The minimum absolute atomic E-state index is 0.0370. The van der Waals surface area contributed by atoms with E-state index in [0.717, 1.165) is 11.3 Å². The molecule has 6 heteroatoms. The minimum Gasteiger partial charge on any atom is -0.378 e. The van der Waals surface area contributed by atoms with Crippen LogP contribution >= 0.6 is 0 Å². The van der Waals surface area contributed by atoms with E-state index in [9.17, 15) is 8.42 Å². The lowest BCUT2D eigenvalue weighted by Gasteiger charge is -2.19. The zero-order valence-corrected chi connectivity index (χ0v) is 14.2. The van der Waals surface area contributed by atoms with E-state index in [-0.39, 0.29) is 17.0 Å². The van der Waals surface area contributed by atoms with Crippen molar-refractivity contribution in [2.45, 2.75) is 11.4 Å². The van der Waals surface area contributed by atoms with Gasteiger partial charge in [0.05, 0.1) is 10.5 Å². The standard InChI is InChI=1S/C17H19N3O2S/c1-19(2)16-10-8-14(9-11-16)13-20(3)23(21,22)17-7-5-4-6-15(17)12-18/h4-11H,13H2,1-3H3. The van der Waals surface area contributed by atoms with Crippen LogP contribution in [0.4, 0.5) is 5.69 Å². The first-order valence-corrected chi connectivity index (χ1v) is 8.52. The van der Waals surface area contributed by atoms with Crippen LogP contribution in [0.5, 0.6) is 0 Å². The summed E-state index contributed by atoms with van der Waals surface area (Å²) >= 11 is 0. The molecule has 2 aromatic carbocycles. The van der Waals surface area contributed by atoms with E-state index in [1.165, 1.54) is 23.5 Å². The summed E-state index contributed by atoms with van der Waals surface area (Å²) < 4.78 is 26.6. The van der Waals surface area contributed by atoms with Gasteiger partial charge in [0, 0.05) is 33.4 Å². The maximum atomic E-state index is 12.7. The van der Waals surface area contributed by atoms with Crippen LogP contribution in [0, 0.1) is 11.3 Å². The maximum absolute atomic E-state index is 12.7. The minimum atomic E-state index is -3.71. The van der Waals surface area contributed by atoms with E-state index in [2.05, 4.69) is 0 Å². The molecule has 2 rings (SSSR count). The van der Waals surface area contributed by atoms with Crippen LogP contribution in [0.2, 0.25) is 0 Å². The van der Waals surface area contributed by atoms with Crippen LogP contribution in [0.25, 0.3) is 0 Å². The summed E-state index contributed by atoms with van der Waals surface area (Å²) in [5.74, 6) is 0. The molecule has 0 N–H and O–H groups in total. The van der Waals surface area contributed by atoms with Crippen LogP contribution in [-0.2, 0) is 16.6 Å². The molecule has 0 aliphatic rings. The van der Waals surface area contributed by atoms with Crippen molar-refractivity contribution in [3.05, 3.63) is 59.7 Å². The third kappa shape index (κ3) is 3.70. The normalized spacial score (nSPS) is 11.3. The Morgan fingerprint density at radius 1 is 1.00 bits per heavy atom. The molecule has 0 saturated heterocycles. The van der Waals surface area contributed by atoms with E-state index >= 15 is 0 Å². The predicted molar refractivity (Wildman–Crippen MR) is 90.6 cm³/mol. The van der Waals surface area contributed by atoms with Crippen molar-refractivity contribution in [1.29, 1.82) is 5.26 Å². The quantitative estimate of drug-likeness (QED) is 0.845. The Bertz CT molecular complexity index is 822. The number of benzene rings is 2. The Hall–Kier alpha value is -2.36. The first kappa shape index (κ1) is 17.0. The Morgan fingerprint density at radius 3 is 2.17 bits per heavy atom. The molecule has 0 aliphatic carbocycles. The van der Waals surface area contributed by atoms with Crippen LogP contribution in [-0.4, -0.2) is 33.9 Å². The molecule has 120 valence electrons. The van der Waals surface area contributed by atoms with Gasteiger partial charge in [0.1, 0.15) is 6.07 Å². The van der Waals surface area contributed by atoms with Crippen molar-refractivity contribution >= 4 is 15.7 Å². The maximum Gasteiger partial charge on any atom is 0.244 e. The largest absolute Gasteiger partial charge is 0.378 e. The van der Waals surface area contributed by atoms with E-state index in [1.807, 2.05) is 49.3 Å². The fourth-order valence-electron chi connectivity index (χ4n) is 2.19. The second-order valence-corrected chi connectivity index (χ2v) is 7.44. The summed E-state index contributed by atoms with van der Waals surface area (Å²) in [4.78, 5) is 2.02. The first-order valence-electron chi connectivity index (χ1n) is 7.08. The van der Waals surface area contributed by atoms with Gasteiger partial charge >= 0.3 is 0 Å². The lowest BCUT2D eigenvalue weighted by Crippen LogP contribution is -2.27. The molecule has 0 aromatic heterocycles. The van der Waals surface area contributed by atoms with Gasteiger partial charge in [0.2, 0.25) is 10.0 Å². The molecule has 0 atom stereocenters. The van der Waals surface area contributed by atoms with Gasteiger partial charge in [-0.2, -0.15) is 9.57 Å². The van der Waals surface area contributed by atoms with E-state index in [1.54, 1.807) is 12.1 Å². The molecule has 5 nitrogen and oxygen atoms in total. The molecule has 0 spiro atoms. The van der Waals surface area contributed by atoms with Gasteiger partial charge < -0.3 is 4.90 Å². The molecule has 23 heavy (non-hydrogen) atoms. The van der Waals surface area contributed by atoms with Gasteiger partial charge in [0.15, 0.2) is 0 Å². The van der Waals surface area contributed by atoms with E-state index in [4.69, 9.17) is 5.26 Å². The van der Waals surface area contributed by atoms with Gasteiger partial charge in [-0.05, 0) is 29.8 Å². The average Bonchev–Trinajstić information content (AvgIpc) is 2.55. The monoisotopic (exact) mass is 329 g/mol. The topological polar surface area (TPSA) is 64.4 Å². The number of nitrogens with zero attached hydrogens (tertiary/aromatic N) is 3. The number of hydrogen-bond acceptors (Lipinski definition) is 4. The summed E-state index contributed by atoms with van der Waals surface area (Å²) in [6.07, 6.45) is 0. The number of rotatable bonds is 5. The van der Waals surface area contributed by atoms with Gasteiger partial charge in [0.25, 0.3) is 0 Å². The fourth-order valence-corrected chi connectivity index (χ4v) is 3.49. The second kappa shape index (κ2) is 6.82. The second-order valence-electron chi connectivity index (χ2n) is 5.43. The fraction of sp³-hybridized carbons (Fsp3) is 0.235. The summed E-state index contributed by atoms with van der Waals surface area (Å²) in [6.45, 7) is 0.246. The van der Waals surface area contributed by atoms with Gasteiger partial charge in [-0.25, -0.2) is 8.42 Å². The molecule has 0 radical (unpaired) electrons. The van der Waals surface area contributed by atoms with Gasteiger partial charge in [-0.3, -0.25) is 0 Å². The van der Waals surface area contributed by atoms with E-state index < -0.39 is 10.0 Å². The highest BCUT2D eigenvalue weighted by Crippen LogP contribution is 2.21. The Balaban J connectivity index is 2.25. The summed E-state index contributed by atoms with van der Waals surface area (Å²) in [5, 5.41) is 9.10.